The highest BCUT2D eigenvalue weighted by molar-refractivity contribution is 7.72. The van der Waals surface area contributed by atoms with Crippen molar-refractivity contribution in [3.8, 4) is 0 Å². The number of ether oxygens (including phenoxy) is 1. The summed E-state index contributed by atoms with van der Waals surface area (Å²) in [4.78, 5) is 0. The van der Waals surface area contributed by atoms with Gasteiger partial charge in [-0.3, -0.25) is 9.13 Å². The highest BCUT2D eigenvalue weighted by Crippen LogP contribution is 2.73. The Kier molecular flexibility index (Phi) is 13.0. The molecule has 3 aromatic carbocycles. The van der Waals surface area contributed by atoms with Crippen LogP contribution in [0.2, 0.25) is 0 Å². The minimum atomic E-state index is -4.07. The van der Waals surface area contributed by atoms with Gasteiger partial charge in [0.25, 0.3) is 0 Å². The number of benzene rings is 3. The lowest BCUT2D eigenvalue weighted by Gasteiger charge is -2.38. The van der Waals surface area contributed by atoms with Crippen LogP contribution in [0, 0.1) is 0 Å². The van der Waals surface area contributed by atoms with Crippen molar-refractivity contribution in [2.75, 3.05) is 6.61 Å². The van der Waals surface area contributed by atoms with E-state index in [0.29, 0.717) is 0 Å². The Morgan fingerprint density at radius 1 is 0.512 bits per heavy atom. The Balaban J connectivity index is 2.17. The SMILES string of the molecule is CC(C)OP(=O)(OC(C)C)C(CCOC(c1ccccc1)(c1ccccc1)c1ccccc1)P(=O)(OC(C)C)OC(C)C. The van der Waals surface area contributed by atoms with Crippen LogP contribution in [0.5, 0.6) is 0 Å². The van der Waals surface area contributed by atoms with E-state index in [0.717, 1.165) is 16.7 Å². The summed E-state index contributed by atoms with van der Waals surface area (Å²) in [6.45, 7) is 14.2. The van der Waals surface area contributed by atoms with Gasteiger partial charge in [0.15, 0.2) is 5.40 Å². The van der Waals surface area contributed by atoms with Crippen LogP contribution in [0.1, 0.15) is 78.5 Å². The van der Waals surface area contributed by atoms with Gasteiger partial charge in [0, 0.05) is 0 Å². The van der Waals surface area contributed by atoms with E-state index in [4.69, 9.17) is 22.8 Å². The van der Waals surface area contributed by atoms with E-state index in [2.05, 4.69) is 0 Å². The molecule has 0 saturated carbocycles. The first-order valence-electron chi connectivity index (χ1n) is 15.1. The molecule has 0 bridgehead atoms. The molecule has 43 heavy (non-hydrogen) atoms. The first-order chi connectivity index (χ1) is 20.3. The fourth-order valence-electron chi connectivity index (χ4n) is 5.08. The van der Waals surface area contributed by atoms with Gasteiger partial charge in [-0.25, -0.2) is 0 Å². The molecule has 0 aliphatic heterocycles. The van der Waals surface area contributed by atoms with E-state index in [-0.39, 0.29) is 13.0 Å². The molecule has 236 valence electrons. The highest BCUT2D eigenvalue weighted by atomic mass is 31.2. The fraction of sp³-hybridized carbons (Fsp3) is 0.471. The topological polar surface area (TPSA) is 80.3 Å². The average Bonchev–Trinajstić information content (AvgIpc) is 2.92. The van der Waals surface area contributed by atoms with Crippen LogP contribution in [0.4, 0.5) is 0 Å². The van der Waals surface area contributed by atoms with Gasteiger partial charge in [0.1, 0.15) is 5.60 Å². The van der Waals surface area contributed by atoms with E-state index >= 15 is 0 Å². The summed E-state index contributed by atoms with van der Waals surface area (Å²) in [5.74, 6) is 0. The molecule has 9 heteroatoms. The smallest absolute Gasteiger partial charge is 0.346 e. The van der Waals surface area contributed by atoms with Gasteiger partial charge in [-0.15, -0.1) is 0 Å². The van der Waals surface area contributed by atoms with E-state index in [1.807, 2.05) is 91.0 Å². The van der Waals surface area contributed by atoms with Crippen molar-refractivity contribution >= 4 is 15.2 Å². The van der Waals surface area contributed by atoms with E-state index < -0.39 is 50.6 Å². The van der Waals surface area contributed by atoms with Crippen molar-refractivity contribution in [3.63, 3.8) is 0 Å². The van der Waals surface area contributed by atoms with Gasteiger partial charge in [0.05, 0.1) is 31.0 Å². The predicted octanol–water partition coefficient (Wildman–Crippen LogP) is 9.80. The summed E-state index contributed by atoms with van der Waals surface area (Å²) in [6.07, 6.45) is -1.82. The second-order valence-corrected chi connectivity index (χ2v) is 16.3. The van der Waals surface area contributed by atoms with Crippen molar-refractivity contribution in [1.82, 2.24) is 0 Å². The quantitative estimate of drug-likeness (QED) is 0.108. The minimum absolute atomic E-state index is 0.0295. The number of hydrogen-bond donors (Lipinski definition) is 0. The largest absolute Gasteiger partial charge is 0.361 e. The maximum Gasteiger partial charge on any atom is 0.346 e. The van der Waals surface area contributed by atoms with Gasteiger partial charge in [0.2, 0.25) is 0 Å². The standard InChI is InChI=1S/C34H48O7P2/c1-26(2)38-42(35,39-27(3)4)33(43(36,40-28(5)6)41-29(7)8)24-25-37-34(30-18-12-9-13-19-30,31-20-14-10-15-21-31)32-22-16-11-17-23-32/h9-23,26-29,33H,24-25H2,1-8H3. The third kappa shape index (κ3) is 9.22. The summed E-state index contributed by atoms with van der Waals surface area (Å²) >= 11 is 0. The minimum Gasteiger partial charge on any atom is -0.361 e. The zero-order chi connectivity index (χ0) is 31.7. The Hall–Kier alpha value is -2.08. The zero-order valence-corrected chi connectivity index (χ0v) is 28.5. The van der Waals surface area contributed by atoms with Crippen LogP contribution in [0.3, 0.4) is 0 Å². The van der Waals surface area contributed by atoms with Gasteiger partial charge < -0.3 is 22.8 Å². The van der Waals surface area contributed by atoms with E-state index in [9.17, 15) is 9.13 Å². The van der Waals surface area contributed by atoms with Gasteiger partial charge >= 0.3 is 15.2 Å². The second-order valence-electron chi connectivity index (χ2n) is 11.6. The monoisotopic (exact) mass is 630 g/mol. The zero-order valence-electron chi connectivity index (χ0n) is 26.7. The van der Waals surface area contributed by atoms with Crippen LogP contribution in [0.15, 0.2) is 91.0 Å². The van der Waals surface area contributed by atoms with Crippen molar-refractivity contribution < 1.29 is 32.0 Å². The molecule has 0 atom stereocenters. The Bertz CT molecular complexity index is 1170. The third-order valence-electron chi connectivity index (χ3n) is 6.40. The molecule has 0 amide bonds. The summed E-state index contributed by atoms with van der Waals surface area (Å²) < 4.78 is 60.3. The van der Waals surface area contributed by atoms with Crippen molar-refractivity contribution in [3.05, 3.63) is 108 Å². The number of rotatable bonds is 17. The Labute approximate surface area is 258 Å². The van der Waals surface area contributed by atoms with Crippen molar-refractivity contribution in [2.45, 2.75) is 97.2 Å². The third-order valence-corrected chi connectivity index (χ3v) is 12.9. The molecule has 3 rings (SSSR count). The van der Waals surface area contributed by atoms with Crippen molar-refractivity contribution in [1.29, 1.82) is 0 Å². The first kappa shape index (κ1) is 35.4. The lowest BCUT2D eigenvalue weighted by molar-refractivity contribution is 0.0102. The van der Waals surface area contributed by atoms with Crippen LogP contribution in [0.25, 0.3) is 0 Å². The average molecular weight is 631 g/mol. The first-order valence-corrected chi connectivity index (χ1v) is 18.3. The summed E-state index contributed by atoms with van der Waals surface area (Å²) in [5, 5.41) is -1.23. The molecular weight excluding hydrogens is 582 g/mol. The highest BCUT2D eigenvalue weighted by Gasteiger charge is 2.53. The normalized spacial score (nSPS) is 13.1. The van der Waals surface area contributed by atoms with E-state index in [1.54, 1.807) is 55.4 Å². The van der Waals surface area contributed by atoms with Gasteiger partial charge in [-0.1, -0.05) is 91.0 Å². The maximum atomic E-state index is 14.7. The van der Waals surface area contributed by atoms with Crippen LogP contribution < -0.4 is 0 Å². The maximum absolute atomic E-state index is 14.7. The fourth-order valence-corrected chi connectivity index (χ4v) is 11.0. The number of hydrogen-bond acceptors (Lipinski definition) is 7. The molecule has 0 unspecified atom stereocenters. The predicted molar refractivity (Wildman–Crippen MR) is 174 cm³/mol. The Morgan fingerprint density at radius 3 is 1.05 bits per heavy atom. The molecule has 0 heterocycles. The molecule has 0 radical (unpaired) electrons. The lowest BCUT2D eigenvalue weighted by Crippen LogP contribution is -2.34. The molecular formula is C34H48O7P2. The lowest BCUT2D eigenvalue weighted by atomic mass is 9.80. The summed E-state index contributed by atoms with van der Waals surface area (Å²) in [5.41, 5.74) is 1.75. The van der Waals surface area contributed by atoms with Crippen LogP contribution >= 0.6 is 15.2 Å². The molecule has 0 aromatic heterocycles. The van der Waals surface area contributed by atoms with Crippen LogP contribution in [-0.4, -0.2) is 36.4 Å². The molecule has 0 aliphatic rings. The molecule has 0 saturated heterocycles. The second kappa shape index (κ2) is 15.8. The van der Waals surface area contributed by atoms with Gasteiger partial charge in [-0.05, 0) is 78.5 Å². The van der Waals surface area contributed by atoms with Crippen LogP contribution in [-0.2, 0) is 37.6 Å². The molecule has 0 aliphatic carbocycles. The molecule has 0 spiro atoms. The summed E-state index contributed by atoms with van der Waals surface area (Å²) in [6, 6.07) is 29.9. The van der Waals surface area contributed by atoms with E-state index in [1.165, 1.54) is 0 Å². The molecule has 7 nitrogen and oxygen atoms in total. The van der Waals surface area contributed by atoms with Gasteiger partial charge in [-0.2, -0.15) is 0 Å². The molecule has 0 fully saturated rings. The molecule has 0 N–H and O–H groups in total. The van der Waals surface area contributed by atoms with Crippen molar-refractivity contribution in [2.24, 2.45) is 0 Å². The summed E-state index contributed by atoms with van der Waals surface area (Å²) in [7, 11) is -8.13. The molecule has 3 aromatic rings. The Morgan fingerprint density at radius 2 is 0.791 bits per heavy atom.